The number of benzene rings is 4. The molecule has 0 saturated carbocycles. The molecule has 0 saturated heterocycles. The topological polar surface area (TPSA) is 49.3 Å². The highest BCUT2D eigenvalue weighted by Crippen LogP contribution is 2.27. The Morgan fingerprint density at radius 1 is 0.902 bits per heavy atom. The fraction of sp³-hybridized carbons (Fsp3) is 0.216. The lowest BCUT2D eigenvalue weighted by Gasteiger charge is -2.19. The molecule has 4 rings (SSSR count). The summed E-state index contributed by atoms with van der Waals surface area (Å²) in [6.45, 7) is 16.9. The normalized spacial score (nSPS) is 11.1. The molecule has 0 unspecified atom stereocenters. The van der Waals surface area contributed by atoms with Gasteiger partial charge in [-0.1, -0.05) is 85.8 Å². The van der Waals surface area contributed by atoms with Gasteiger partial charge in [0, 0.05) is 11.7 Å². The molecule has 0 aliphatic rings. The van der Waals surface area contributed by atoms with Crippen LogP contribution in [0.2, 0.25) is 0 Å². The molecule has 212 valence electrons. The quantitative estimate of drug-likeness (QED) is 0.230. The van der Waals surface area contributed by atoms with Gasteiger partial charge in [0.25, 0.3) is 0 Å². The molecule has 4 aromatic carbocycles. The van der Waals surface area contributed by atoms with E-state index in [1.165, 1.54) is 40.0 Å². The van der Waals surface area contributed by atoms with Crippen LogP contribution in [0.25, 0.3) is 22.4 Å². The first kappa shape index (κ1) is 31.1. The van der Waals surface area contributed by atoms with Gasteiger partial charge in [-0.3, -0.25) is 0 Å². The largest absolute Gasteiger partial charge is 0.478 e. The van der Waals surface area contributed by atoms with Gasteiger partial charge in [-0.2, -0.15) is 0 Å². The molecule has 0 fully saturated rings. The summed E-state index contributed by atoms with van der Waals surface area (Å²) in [5, 5.41) is 12.5. The highest BCUT2D eigenvalue weighted by molar-refractivity contribution is 5.96. The summed E-state index contributed by atoms with van der Waals surface area (Å²) in [6.07, 6.45) is 0.987. The number of rotatable bonds is 8. The van der Waals surface area contributed by atoms with E-state index < -0.39 is 5.97 Å². The van der Waals surface area contributed by atoms with E-state index in [0.29, 0.717) is 5.56 Å². The van der Waals surface area contributed by atoms with Gasteiger partial charge >= 0.3 is 5.97 Å². The second kappa shape index (κ2) is 14.3. The molecule has 4 heteroatoms. The summed E-state index contributed by atoms with van der Waals surface area (Å²) in [7, 11) is 0. The maximum atomic E-state index is 13.1. The van der Waals surface area contributed by atoms with E-state index in [1.54, 1.807) is 24.3 Å². The minimum Gasteiger partial charge on any atom is -0.478 e. The minimum absolute atomic E-state index is 0.0624. The van der Waals surface area contributed by atoms with Crippen LogP contribution in [-0.4, -0.2) is 11.1 Å². The predicted octanol–water partition coefficient (Wildman–Crippen LogP) is 9.88. The zero-order chi connectivity index (χ0) is 30.1. The number of nitrogens with one attached hydrogen (secondary N) is 1. The second-order valence-corrected chi connectivity index (χ2v) is 10.5. The summed E-state index contributed by atoms with van der Waals surface area (Å²) in [5.41, 5.74) is 11.4. The molecular formula is C37H40FNO2. The third-order valence-electron chi connectivity index (χ3n) is 7.33. The Bertz CT molecular complexity index is 1530. The van der Waals surface area contributed by atoms with Crippen molar-refractivity contribution in [3.8, 4) is 11.1 Å². The molecular weight excluding hydrogens is 509 g/mol. The molecule has 2 N–H and O–H groups in total. The van der Waals surface area contributed by atoms with Crippen molar-refractivity contribution in [2.75, 3.05) is 0 Å². The fourth-order valence-corrected chi connectivity index (χ4v) is 4.50. The molecule has 0 aliphatic carbocycles. The molecule has 1 atom stereocenters. The van der Waals surface area contributed by atoms with Crippen molar-refractivity contribution in [2.24, 2.45) is 0 Å². The molecule has 0 aromatic heterocycles. The first-order valence-corrected chi connectivity index (χ1v) is 13.9. The zero-order valence-corrected chi connectivity index (χ0v) is 24.9. The number of hydrogen-bond donors (Lipinski definition) is 2. The number of carboxylic acids is 1. The summed E-state index contributed by atoms with van der Waals surface area (Å²) < 4.78 is 13.1. The maximum Gasteiger partial charge on any atom is 0.336 e. The highest BCUT2D eigenvalue weighted by atomic mass is 19.1. The molecule has 0 radical (unpaired) electrons. The first-order valence-electron chi connectivity index (χ1n) is 13.9. The summed E-state index contributed by atoms with van der Waals surface area (Å²) >= 11 is 0. The van der Waals surface area contributed by atoms with Crippen LogP contribution in [-0.2, 0) is 6.42 Å². The predicted molar refractivity (Wildman–Crippen MR) is 170 cm³/mol. The Kier molecular flexibility index (Phi) is 10.8. The van der Waals surface area contributed by atoms with Crippen LogP contribution in [0.4, 0.5) is 4.39 Å². The lowest BCUT2D eigenvalue weighted by Crippen LogP contribution is -2.16. The standard InChI is InChI=1S/C22H26FN.C15H14O2/c1-14(2)16(4)22-13-20(8-7-15(22)3)18(6)24-17(5)19-9-11-21(23)12-10-19;1-2-11-7-9-12(10-8-11)13-5-3-4-6-14(13)15(16)17/h7-13,17,24H,6H2,1-5H3;3-10H,2H2,1H3,(H,16,17)/t17-;/m0./s1. The lowest BCUT2D eigenvalue weighted by atomic mass is 9.95. The lowest BCUT2D eigenvalue weighted by molar-refractivity contribution is 0.0697. The minimum atomic E-state index is -0.889. The zero-order valence-electron chi connectivity index (χ0n) is 24.9. The van der Waals surface area contributed by atoms with E-state index in [-0.39, 0.29) is 11.9 Å². The number of carboxylic acid groups (broad SMARTS) is 1. The van der Waals surface area contributed by atoms with E-state index in [0.717, 1.165) is 34.4 Å². The van der Waals surface area contributed by atoms with Gasteiger partial charge in [-0.25, -0.2) is 9.18 Å². The number of aromatic carboxylic acids is 1. The number of halogens is 1. The average molecular weight is 550 g/mol. The molecule has 0 aliphatic heterocycles. The van der Waals surface area contributed by atoms with E-state index in [9.17, 15) is 9.18 Å². The number of hydrogen-bond acceptors (Lipinski definition) is 2. The maximum absolute atomic E-state index is 13.1. The Balaban J connectivity index is 0.000000239. The molecule has 3 nitrogen and oxygen atoms in total. The molecule has 0 heterocycles. The Labute approximate surface area is 244 Å². The van der Waals surface area contributed by atoms with Crippen LogP contribution in [0.15, 0.2) is 103 Å². The number of aryl methyl sites for hydroxylation is 2. The summed E-state index contributed by atoms with van der Waals surface area (Å²) in [6, 6.07) is 28.1. The van der Waals surface area contributed by atoms with Crippen molar-refractivity contribution in [1.82, 2.24) is 5.32 Å². The SMILES string of the molecule is C=C(N[C@@H](C)c1ccc(F)cc1)c1ccc(C)c(C(C)=C(C)C)c1.CCc1ccc(-c2ccccc2C(=O)O)cc1. The highest BCUT2D eigenvalue weighted by Gasteiger charge is 2.11. The summed E-state index contributed by atoms with van der Waals surface area (Å²) in [5.74, 6) is -1.11. The van der Waals surface area contributed by atoms with Gasteiger partial charge in [0.15, 0.2) is 0 Å². The van der Waals surface area contributed by atoms with Crippen molar-refractivity contribution >= 4 is 17.2 Å². The van der Waals surface area contributed by atoms with Crippen molar-refractivity contribution in [2.45, 2.75) is 54.0 Å². The van der Waals surface area contributed by atoms with E-state index >= 15 is 0 Å². The van der Waals surface area contributed by atoms with Crippen LogP contribution in [0, 0.1) is 12.7 Å². The third-order valence-corrected chi connectivity index (χ3v) is 7.33. The van der Waals surface area contributed by atoms with Gasteiger partial charge in [-0.05, 0) is 110 Å². The van der Waals surface area contributed by atoms with Gasteiger partial charge in [0.2, 0.25) is 0 Å². The van der Waals surface area contributed by atoms with Crippen molar-refractivity contribution in [3.63, 3.8) is 0 Å². The van der Waals surface area contributed by atoms with Crippen LogP contribution < -0.4 is 5.32 Å². The van der Waals surface area contributed by atoms with Crippen molar-refractivity contribution < 1.29 is 14.3 Å². The molecule has 0 amide bonds. The molecule has 4 aromatic rings. The second-order valence-electron chi connectivity index (χ2n) is 10.5. The molecule has 41 heavy (non-hydrogen) atoms. The first-order chi connectivity index (χ1) is 19.5. The van der Waals surface area contributed by atoms with E-state index in [2.05, 4.69) is 71.6 Å². The molecule has 0 spiro atoms. The monoisotopic (exact) mass is 549 g/mol. The van der Waals surface area contributed by atoms with Crippen LogP contribution in [0.3, 0.4) is 0 Å². The summed E-state index contributed by atoms with van der Waals surface area (Å²) in [4.78, 5) is 11.1. The Morgan fingerprint density at radius 2 is 1.54 bits per heavy atom. The fourth-order valence-electron chi connectivity index (χ4n) is 4.50. The Hall–Kier alpha value is -4.44. The third kappa shape index (κ3) is 8.28. The van der Waals surface area contributed by atoms with E-state index in [4.69, 9.17) is 5.11 Å². The van der Waals surface area contributed by atoms with E-state index in [1.807, 2.05) is 36.4 Å². The number of allylic oxidation sites excluding steroid dienone is 2. The van der Waals surface area contributed by atoms with Crippen molar-refractivity contribution in [1.29, 1.82) is 0 Å². The van der Waals surface area contributed by atoms with Gasteiger partial charge in [-0.15, -0.1) is 0 Å². The average Bonchev–Trinajstić information content (AvgIpc) is 2.97. The smallest absolute Gasteiger partial charge is 0.336 e. The van der Waals surface area contributed by atoms with Gasteiger partial charge < -0.3 is 10.4 Å². The van der Waals surface area contributed by atoms with Crippen LogP contribution >= 0.6 is 0 Å². The Morgan fingerprint density at radius 3 is 2.12 bits per heavy atom. The number of carbonyl (C=O) groups is 1. The van der Waals surface area contributed by atoms with Crippen molar-refractivity contribution in [3.05, 3.63) is 142 Å². The van der Waals surface area contributed by atoms with Crippen LogP contribution in [0.1, 0.15) is 78.8 Å². The van der Waals surface area contributed by atoms with Crippen LogP contribution in [0.5, 0.6) is 0 Å². The molecule has 0 bridgehead atoms. The van der Waals surface area contributed by atoms with Gasteiger partial charge in [0.05, 0.1) is 5.56 Å². The van der Waals surface area contributed by atoms with Gasteiger partial charge in [0.1, 0.15) is 5.82 Å².